The van der Waals surface area contributed by atoms with E-state index in [1.165, 1.54) is 53.8 Å². The molecule has 0 saturated carbocycles. The number of alkyl halides is 3. The molecule has 2 aromatic carbocycles. The zero-order valence-corrected chi connectivity index (χ0v) is 18.0. The van der Waals surface area contributed by atoms with Gasteiger partial charge in [-0.3, -0.25) is 4.79 Å². The van der Waals surface area contributed by atoms with E-state index in [0.717, 1.165) is 0 Å². The SMILES string of the molecule is O=C1N[C@H](c2ccc(-c3cc(Cl)ccc3Cl)o2)[C@H](C(=O)c2ccccc2)[C@@](O)(C(F)(F)F)N1. The molecule has 33 heavy (non-hydrogen) atoms. The third-order valence-corrected chi connectivity index (χ3v) is 5.84. The third-order valence-electron chi connectivity index (χ3n) is 5.27. The van der Waals surface area contributed by atoms with Gasteiger partial charge in [0.15, 0.2) is 5.78 Å². The Morgan fingerprint density at radius 2 is 1.76 bits per heavy atom. The number of amides is 2. The Morgan fingerprint density at radius 3 is 2.42 bits per heavy atom. The molecular weight excluding hydrogens is 484 g/mol. The molecule has 4 rings (SSSR count). The van der Waals surface area contributed by atoms with Gasteiger partial charge >= 0.3 is 12.2 Å². The summed E-state index contributed by atoms with van der Waals surface area (Å²) in [5.41, 5.74) is -3.58. The second kappa shape index (κ2) is 8.40. The maximum Gasteiger partial charge on any atom is 0.437 e. The summed E-state index contributed by atoms with van der Waals surface area (Å²) in [7, 11) is 0. The summed E-state index contributed by atoms with van der Waals surface area (Å²) in [5.74, 6) is -3.29. The zero-order chi connectivity index (χ0) is 24.0. The first-order valence-electron chi connectivity index (χ1n) is 9.53. The molecular formula is C22H15Cl2F3N2O4. The number of ketones is 1. The highest BCUT2D eigenvalue weighted by atomic mass is 35.5. The number of hydrogen-bond acceptors (Lipinski definition) is 4. The van der Waals surface area contributed by atoms with Crippen LogP contribution in [0.15, 0.2) is 65.1 Å². The molecule has 0 aliphatic carbocycles. The van der Waals surface area contributed by atoms with Crippen molar-refractivity contribution in [3.63, 3.8) is 0 Å². The first kappa shape index (κ1) is 23.2. The number of hydrogen-bond donors (Lipinski definition) is 3. The molecule has 2 amide bonds. The van der Waals surface area contributed by atoms with E-state index in [2.05, 4.69) is 5.32 Å². The molecule has 1 aliphatic heterocycles. The van der Waals surface area contributed by atoms with Gasteiger partial charge in [0.25, 0.3) is 0 Å². The van der Waals surface area contributed by atoms with Crippen LogP contribution in [0.2, 0.25) is 10.0 Å². The van der Waals surface area contributed by atoms with Crippen molar-refractivity contribution in [1.82, 2.24) is 10.6 Å². The molecule has 3 N–H and O–H groups in total. The van der Waals surface area contributed by atoms with Crippen molar-refractivity contribution >= 4 is 35.0 Å². The van der Waals surface area contributed by atoms with E-state index in [4.69, 9.17) is 27.6 Å². The zero-order valence-electron chi connectivity index (χ0n) is 16.5. The van der Waals surface area contributed by atoms with Crippen LogP contribution in [0.25, 0.3) is 11.3 Å². The number of Topliss-reactive ketones (excluding diaryl/α,β-unsaturated/α-hetero) is 1. The number of furan rings is 1. The number of urea groups is 1. The summed E-state index contributed by atoms with van der Waals surface area (Å²) in [5, 5.41) is 14.9. The quantitative estimate of drug-likeness (QED) is 0.422. The average molecular weight is 499 g/mol. The first-order chi connectivity index (χ1) is 15.5. The van der Waals surface area contributed by atoms with E-state index in [1.54, 1.807) is 12.1 Å². The minimum absolute atomic E-state index is 0.0854. The lowest BCUT2D eigenvalue weighted by atomic mass is 9.79. The number of benzene rings is 2. The van der Waals surface area contributed by atoms with E-state index in [1.807, 2.05) is 0 Å². The third kappa shape index (κ3) is 4.19. The monoisotopic (exact) mass is 498 g/mol. The van der Waals surface area contributed by atoms with Gasteiger partial charge in [-0.1, -0.05) is 53.5 Å². The van der Waals surface area contributed by atoms with Gasteiger partial charge in [-0.05, 0) is 30.3 Å². The number of nitrogens with one attached hydrogen (secondary N) is 2. The van der Waals surface area contributed by atoms with Crippen molar-refractivity contribution in [3.8, 4) is 11.3 Å². The molecule has 172 valence electrons. The highest BCUT2D eigenvalue weighted by Gasteiger charge is 2.66. The van der Waals surface area contributed by atoms with Crippen LogP contribution in [0.1, 0.15) is 22.2 Å². The van der Waals surface area contributed by atoms with Crippen LogP contribution in [0.4, 0.5) is 18.0 Å². The Labute approximate surface area is 195 Å². The van der Waals surface area contributed by atoms with Crippen LogP contribution in [-0.4, -0.2) is 28.8 Å². The predicted molar refractivity (Wildman–Crippen MR) is 114 cm³/mol. The van der Waals surface area contributed by atoms with Crippen LogP contribution in [0.5, 0.6) is 0 Å². The molecule has 0 bridgehead atoms. The molecule has 1 aromatic heterocycles. The van der Waals surface area contributed by atoms with Gasteiger partial charge in [0.05, 0.1) is 5.02 Å². The molecule has 1 saturated heterocycles. The van der Waals surface area contributed by atoms with Crippen LogP contribution in [-0.2, 0) is 0 Å². The number of carbonyl (C=O) groups is 2. The maximum absolute atomic E-state index is 14.0. The van der Waals surface area contributed by atoms with E-state index in [0.29, 0.717) is 10.6 Å². The predicted octanol–water partition coefficient (Wildman–Crippen LogP) is 5.36. The van der Waals surface area contributed by atoms with Gasteiger partial charge in [0, 0.05) is 16.1 Å². The Hall–Kier alpha value is -3.01. The largest absolute Gasteiger partial charge is 0.459 e. The minimum Gasteiger partial charge on any atom is -0.459 e. The van der Waals surface area contributed by atoms with E-state index in [-0.39, 0.29) is 22.1 Å². The van der Waals surface area contributed by atoms with Gasteiger partial charge < -0.3 is 20.2 Å². The Morgan fingerprint density at radius 1 is 1.06 bits per heavy atom. The van der Waals surface area contributed by atoms with Crippen molar-refractivity contribution in [1.29, 1.82) is 0 Å². The van der Waals surface area contributed by atoms with E-state index >= 15 is 0 Å². The second-order valence-corrected chi connectivity index (χ2v) is 8.22. The number of aliphatic hydroxyl groups is 1. The van der Waals surface area contributed by atoms with Gasteiger partial charge in [0.2, 0.25) is 5.72 Å². The fourth-order valence-corrected chi connectivity index (χ4v) is 4.09. The van der Waals surface area contributed by atoms with Crippen LogP contribution in [0.3, 0.4) is 0 Å². The highest BCUT2D eigenvalue weighted by Crippen LogP contribution is 2.45. The molecule has 3 aromatic rings. The average Bonchev–Trinajstić information content (AvgIpc) is 3.24. The van der Waals surface area contributed by atoms with E-state index in [9.17, 15) is 27.9 Å². The maximum atomic E-state index is 14.0. The number of carbonyl (C=O) groups excluding carboxylic acids is 2. The Bertz CT molecular complexity index is 1220. The molecule has 1 fully saturated rings. The molecule has 2 heterocycles. The molecule has 1 aliphatic rings. The van der Waals surface area contributed by atoms with Crippen molar-refractivity contribution in [2.45, 2.75) is 17.9 Å². The molecule has 0 spiro atoms. The summed E-state index contributed by atoms with van der Waals surface area (Å²) in [6.07, 6.45) is -5.37. The minimum atomic E-state index is -5.37. The van der Waals surface area contributed by atoms with Crippen LogP contribution in [0, 0.1) is 5.92 Å². The lowest BCUT2D eigenvalue weighted by molar-refractivity contribution is -0.288. The molecule has 11 heteroatoms. The van der Waals surface area contributed by atoms with Crippen molar-refractivity contribution in [3.05, 3.63) is 82.0 Å². The van der Waals surface area contributed by atoms with Gasteiger partial charge in [-0.2, -0.15) is 13.2 Å². The second-order valence-electron chi connectivity index (χ2n) is 7.37. The Kier molecular flexibility index (Phi) is 5.90. The molecule has 0 radical (unpaired) electrons. The fraction of sp³-hybridized carbons (Fsp3) is 0.182. The normalized spacial score (nSPS) is 23.0. The van der Waals surface area contributed by atoms with Crippen LogP contribution >= 0.6 is 23.2 Å². The van der Waals surface area contributed by atoms with Crippen molar-refractivity contribution in [2.75, 3.05) is 0 Å². The summed E-state index contributed by atoms with van der Waals surface area (Å²) in [4.78, 5) is 25.3. The summed E-state index contributed by atoms with van der Waals surface area (Å²) in [6, 6.07) is 11.4. The van der Waals surface area contributed by atoms with Gasteiger partial charge in [0.1, 0.15) is 23.5 Å². The molecule has 6 nitrogen and oxygen atoms in total. The topological polar surface area (TPSA) is 91.6 Å². The van der Waals surface area contributed by atoms with Crippen molar-refractivity contribution in [2.24, 2.45) is 5.92 Å². The molecule has 3 atom stereocenters. The summed E-state index contributed by atoms with van der Waals surface area (Å²) >= 11 is 12.2. The molecule has 0 unspecified atom stereocenters. The fourth-order valence-electron chi connectivity index (χ4n) is 3.71. The van der Waals surface area contributed by atoms with Gasteiger partial charge in [-0.25, -0.2) is 4.79 Å². The Balaban J connectivity index is 1.83. The van der Waals surface area contributed by atoms with Crippen LogP contribution < -0.4 is 10.6 Å². The number of halogens is 5. The summed E-state index contributed by atoms with van der Waals surface area (Å²) < 4.78 is 47.6. The number of rotatable bonds is 4. The van der Waals surface area contributed by atoms with Crippen molar-refractivity contribution < 1.29 is 32.3 Å². The summed E-state index contributed by atoms with van der Waals surface area (Å²) in [6.45, 7) is 0. The van der Waals surface area contributed by atoms with E-state index < -0.39 is 35.7 Å². The highest BCUT2D eigenvalue weighted by molar-refractivity contribution is 6.35. The van der Waals surface area contributed by atoms with Gasteiger partial charge in [-0.15, -0.1) is 0 Å². The smallest absolute Gasteiger partial charge is 0.437 e. The lowest BCUT2D eigenvalue weighted by Crippen LogP contribution is -2.72. The standard InChI is InChI=1S/C22H15Cl2F3N2O4/c23-12-6-7-14(24)13(10-12)15-8-9-16(33-15)18-17(19(30)11-4-2-1-3-5-11)21(32,22(25,26)27)29-20(31)28-18/h1-10,17-18,32H,(H2,28,29,31)/t17-,18-,21-/m1/s1. The first-order valence-corrected chi connectivity index (χ1v) is 10.3. The lowest BCUT2D eigenvalue weighted by Gasteiger charge is -2.44.